The average molecular weight is 313 g/mol. The second-order valence-corrected chi connectivity index (χ2v) is 5.75. The van der Waals surface area contributed by atoms with Gasteiger partial charge in [0.25, 0.3) is 0 Å². The largest absolute Gasteiger partial charge is 0.508 e. The van der Waals surface area contributed by atoms with Crippen molar-refractivity contribution in [3.63, 3.8) is 0 Å². The zero-order chi connectivity index (χ0) is 16.7. The molecule has 2 rings (SSSR count). The molecule has 3 N–H and O–H groups in total. The van der Waals surface area contributed by atoms with Gasteiger partial charge in [-0.05, 0) is 35.2 Å². The summed E-state index contributed by atoms with van der Waals surface area (Å²) in [5.74, 6) is 0.201. The molecule has 0 bridgehead atoms. The molecular formula is C19H23NO3. The minimum absolute atomic E-state index is 0.0802. The quantitative estimate of drug-likeness (QED) is 0.786. The Morgan fingerprint density at radius 2 is 1.61 bits per heavy atom. The number of Topliss-reactive ketones (excluding diaryl/α,β-unsaturated/α-hetero) is 1. The van der Waals surface area contributed by atoms with Crippen LogP contribution in [0.3, 0.4) is 0 Å². The van der Waals surface area contributed by atoms with E-state index in [-0.39, 0.29) is 24.1 Å². The van der Waals surface area contributed by atoms with Crippen LogP contribution in [0.5, 0.6) is 5.75 Å². The van der Waals surface area contributed by atoms with E-state index in [1.165, 1.54) is 0 Å². The number of rotatable bonds is 8. The molecule has 0 radical (unpaired) electrons. The molecular weight excluding hydrogens is 290 g/mol. The Labute approximate surface area is 136 Å². The molecule has 0 amide bonds. The highest BCUT2D eigenvalue weighted by Crippen LogP contribution is 2.14. The van der Waals surface area contributed by atoms with Gasteiger partial charge < -0.3 is 15.6 Å². The van der Waals surface area contributed by atoms with Crippen molar-refractivity contribution in [2.24, 2.45) is 11.7 Å². The fourth-order valence-corrected chi connectivity index (χ4v) is 2.28. The van der Waals surface area contributed by atoms with Crippen LogP contribution in [-0.2, 0) is 29.1 Å². The minimum Gasteiger partial charge on any atom is -0.508 e. The molecule has 0 aliphatic rings. The Hall–Kier alpha value is -2.17. The molecule has 0 aliphatic carbocycles. The summed E-state index contributed by atoms with van der Waals surface area (Å²) in [7, 11) is 0. The van der Waals surface area contributed by atoms with Gasteiger partial charge in [0, 0.05) is 12.5 Å². The van der Waals surface area contributed by atoms with E-state index < -0.39 is 0 Å². The van der Waals surface area contributed by atoms with Crippen molar-refractivity contribution in [1.82, 2.24) is 0 Å². The zero-order valence-corrected chi connectivity index (χ0v) is 13.4. The lowest BCUT2D eigenvalue weighted by atomic mass is 9.97. The van der Waals surface area contributed by atoms with E-state index in [0.717, 1.165) is 16.7 Å². The third-order valence-electron chi connectivity index (χ3n) is 3.80. The van der Waals surface area contributed by atoms with Gasteiger partial charge in [0.05, 0.1) is 6.61 Å². The van der Waals surface area contributed by atoms with E-state index in [9.17, 15) is 9.90 Å². The first-order valence-corrected chi connectivity index (χ1v) is 7.74. The lowest BCUT2D eigenvalue weighted by Gasteiger charge is -2.11. The van der Waals surface area contributed by atoms with Crippen LogP contribution in [0.1, 0.15) is 23.6 Å². The predicted octanol–water partition coefficient (Wildman–Crippen LogP) is 2.82. The Bertz CT molecular complexity index is 620. The fraction of sp³-hybridized carbons (Fsp3) is 0.316. The van der Waals surface area contributed by atoms with Crippen molar-refractivity contribution in [3.05, 3.63) is 65.2 Å². The Morgan fingerprint density at radius 3 is 2.22 bits per heavy atom. The van der Waals surface area contributed by atoms with E-state index in [1.54, 1.807) is 12.1 Å². The first-order chi connectivity index (χ1) is 11.1. The molecule has 0 spiro atoms. The van der Waals surface area contributed by atoms with Crippen LogP contribution in [-0.4, -0.2) is 17.5 Å². The van der Waals surface area contributed by atoms with Crippen molar-refractivity contribution >= 4 is 5.78 Å². The highest BCUT2D eigenvalue weighted by atomic mass is 16.5. The summed E-state index contributed by atoms with van der Waals surface area (Å²) in [6, 6.07) is 14.8. The molecule has 0 saturated heterocycles. The van der Waals surface area contributed by atoms with Crippen molar-refractivity contribution in [2.75, 3.05) is 6.61 Å². The predicted molar refractivity (Wildman–Crippen MR) is 90.0 cm³/mol. The summed E-state index contributed by atoms with van der Waals surface area (Å²) in [6.45, 7) is 2.95. The molecule has 0 saturated carbocycles. The van der Waals surface area contributed by atoms with Gasteiger partial charge in [-0.15, -0.1) is 0 Å². The summed E-state index contributed by atoms with van der Waals surface area (Å²) in [5, 5.41) is 9.26. The number of aromatic hydroxyl groups is 1. The van der Waals surface area contributed by atoms with Crippen LogP contribution in [0.25, 0.3) is 0 Å². The standard InChI is InChI=1S/C19H23NO3/c1-14(10-15-6-8-18(21)9-7-15)19(22)13-23-12-17-4-2-16(11-20)3-5-17/h2-9,14,21H,10-13,20H2,1H3/t14-/m1/s1. The Balaban J connectivity index is 1.75. The number of nitrogens with two attached hydrogens (primary N) is 1. The van der Waals surface area contributed by atoms with Gasteiger partial charge >= 0.3 is 0 Å². The molecule has 0 unspecified atom stereocenters. The van der Waals surface area contributed by atoms with Crippen molar-refractivity contribution in [1.29, 1.82) is 0 Å². The van der Waals surface area contributed by atoms with E-state index in [4.69, 9.17) is 10.5 Å². The average Bonchev–Trinajstić information content (AvgIpc) is 2.57. The summed E-state index contributed by atoms with van der Waals surface area (Å²) >= 11 is 0. The van der Waals surface area contributed by atoms with Gasteiger partial charge in [-0.25, -0.2) is 0 Å². The monoisotopic (exact) mass is 313 g/mol. The van der Waals surface area contributed by atoms with Crippen LogP contribution in [0.4, 0.5) is 0 Å². The van der Waals surface area contributed by atoms with Gasteiger partial charge in [0.15, 0.2) is 5.78 Å². The lowest BCUT2D eigenvalue weighted by Crippen LogP contribution is -2.19. The first kappa shape index (κ1) is 17.2. The second-order valence-electron chi connectivity index (χ2n) is 5.75. The Kier molecular flexibility index (Phi) is 6.32. The third kappa shape index (κ3) is 5.51. The van der Waals surface area contributed by atoms with E-state index in [1.807, 2.05) is 43.3 Å². The molecule has 0 aliphatic heterocycles. The number of ether oxygens (including phenoxy) is 1. The van der Waals surface area contributed by atoms with E-state index in [2.05, 4.69) is 0 Å². The highest BCUT2D eigenvalue weighted by Gasteiger charge is 2.13. The Morgan fingerprint density at radius 1 is 1.04 bits per heavy atom. The third-order valence-corrected chi connectivity index (χ3v) is 3.80. The smallest absolute Gasteiger partial charge is 0.161 e. The number of hydrogen-bond acceptors (Lipinski definition) is 4. The number of carbonyl (C=O) groups excluding carboxylic acids is 1. The summed E-state index contributed by atoms with van der Waals surface area (Å²) < 4.78 is 5.51. The van der Waals surface area contributed by atoms with Crippen molar-refractivity contribution < 1.29 is 14.6 Å². The van der Waals surface area contributed by atoms with E-state index >= 15 is 0 Å². The number of benzene rings is 2. The molecule has 0 heterocycles. The lowest BCUT2D eigenvalue weighted by molar-refractivity contribution is -0.127. The normalized spacial score (nSPS) is 12.1. The second kappa shape index (κ2) is 8.46. The number of phenolic OH excluding ortho intramolecular Hbond substituents is 1. The first-order valence-electron chi connectivity index (χ1n) is 7.74. The van der Waals surface area contributed by atoms with Crippen molar-refractivity contribution in [3.8, 4) is 5.75 Å². The van der Waals surface area contributed by atoms with E-state index in [0.29, 0.717) is 19.6 Å². The van der Waals surface area contributed by atoms with Crippen molar-refractivity contribution in [2.45, 2.75) is 26.5 Å². The topological polar surface area (TPSA) is 72.5 Å². The maximum Gasteiger partial charge on any atom is 0.161 e. The summed E-state index contributed by atoms with van der Waals surface area (Å²) in [4.78, 5) is 12.1. The highest BCUT2D eigenvalue weighted by molar-refractivity contribution is 5.82. The van der Waals surface area contributed by atoms with Crippen LogP contribution >= 0.6 is 0 Å². The molecule has 0 fully saturated rings. The van der Waals surface area contributed by atoms with Crippen LogP contribution in [0, 0.1) is 5.92 Å². The summed E-state index contributed by atoms with van der Waals surface area (Å²) in [5.41, 5.74) is 8.69. The molecule has 2 aromatic carbocycles. The molecule has 0 aromatic heterocycles. The van der Waals surface area contributed by atoms with Gasteiger partial charge in [0.1, 0.15) is 12.4 Å². The van der Waals surface area contributed by atoms with Gasteiger partial charge in [-0.3, -0.25) is 4.79 Å². The fourth-order valence-electron chi connectivity index (χ4n) is 2.28. The number of hydrogen-bond donors (Lipinski definition) is 2. The number of carbonyl (C=O) groups is 1. The number of ketones is 1. The maximum absolute atomic E-state index is 12.1. The van der Waals surface area contributed by atoms with Gasteiger partial charge in [-0.1, -0.05) is 43.3 Å². The van der Waals surface area contributed by atoms with Crippen LogP contribution < -0.4 is 5.73 Å². The van der Waals surface area contributed by atoms with Gasteiger partial charge in [0.2, 0.25) is 0 Å². The maximum atomic E-state index is 12.1. The number of phenols is 1. The van der Waals surface area contributed by atoms with Crippen LogP contribution in [0.15, 0.2) is 48.5 Å². The minimum atomic E-state index is -0.112. The summed E-state index contributed by atoms with van der Waals surface area (Å²) in [6.07, 6.45) is 0.646. The molecule has 2 aromatic rings. The zero-order valence-electron chi connectivity index (χ0n) is 13.4. The van der Waals surface area contributed by atoms with Crippen LogP contribution in [0.2, 0.25) is 0 Å². The van der Waals surface area contributed by atoms with Gasteiger partial charge in [-0.2, -0.15) is 0 Å². The molecule has 4 nitrogen and oxygen atoms in total. The molecule has 1 atom stereocenters. The molecule has 122 valence electrons. The molecule has 4 heteroatoms. The molecule has 23 heavy (non-hydrogen) atoms. The SMILES string of the molecule is C[C@H](Cc1ccc(O)cc1)C(=O)COCc1ccc(CN)cc1.